The molecule has 0 aliphatic carbocycles. The van der Waals surface area contributed by atoms with Crippen LogP contribution < -0.4 is 0 Å². The molecule has 1 fully saturated rings. The number of amides is 1. The molecule has 0 saturated carbocycles. The van der Waals surface area contributed by atoms with Gasteiger partial charge in [-0.25, -0.2) is 4.68 Å². The van der Waals surface area contributed by atoms with Gasteiger partial charge < -0.3 is 4.74 Å². The summed E-state index contributed by atoms with van der Waals surface area (Å²) in [6.07, 6.45) is 3.86. The first kappa shape index (κ1) is 21.5. The van der Waals surface area contributed by atoms with Gasteiger partial charge in [-0.3, -0.25) is 9.69 Å². The third kappa shape index (κ3) is 4.49. The van der Waals surface area contributed by atoms with E-state index in [1.165, 1.54) is 11.8 Å². The van der Waals surface area contributed by atoms with E-state index in [2.05, 4.69) is 32.0 Å². The summed E-state index contributed by atoms with van der Waals surface area (Å²) >= 11 is 6.74. The highest BCUT2D eigenvalue weighted by atomic mass is 32.2. The summed E-state index contributed by atoms with van der Waals surface area (Å²) in [6.45, 7) is 5.03. The fourth-order valence-corrected chi connectivity index (χ4v) is 4.72. The molecule has 0 bridgehead atoms. The Bertz CT molecular complexity index is 1170. The van der Waals surface area contributed by atoms with Crippen LogP contribution >= 0.6 is 24.0 Å². The van der Waals surface area contributed by atoms with Gasteiger partial charge in [0.25, 0.3) is 5.91 Å². The van der Waals surface area contributed by atoms with Gasteiger partial charge in [-0.1, -0.05) is 59.9 Å². The third-order valence-corrected chi connectivity index (χ3v) is 6.47. The SMILES string of the molecule is COCCN1C(=O)/C(=C\c2cn(-c3ccccc3)nc2-c2cc(C)ccc2C)SC1=S. The molecule has 4 rings (SSSR count). The lowest BCUT2D eigenvalue weighted by Crippen LogP contribution is -2.31. The number of methoxy groups -OCH3 is 1. The quantitative estimate of drug-likeness (QED) is 0.391. The predicted octanol–water partition coefficient (Wildman–Crippen LogP) is 5.00. The number of para-hydroxylation sites is 1. The van der Waals surface area contributed by atoms with Gasteiger partial charge in [0, 0.05) is 24.4 Å². The van der Waals surface area contributed by atoms with E-state index in [-0.39, 0.29) is 5.91 Å². The van der Waals surface area contributed by atoms with Crippen LogP contribution in [0.2, 0.25) is 0 Å². The Labute approximate surface area is 191 Å². The highest BCUT2D eigenvalue weighted by Crippen LogP contribution is 2.35. The first-order valence-corrected chi connectivity index (χ1v) is 11.2. The molecule has 2 heterocycles. The number of thioether (sulfide) groups is 1. The molecule has 1 aliphatic rings. The molecule has 1 aromatic heterocycles. The topological polar surface area (TPSA) is 47.4 Å². The summed E-state index contributed by atoms with van der Waals surface area (Å²) in [6, 6.07) is 16.3. The van der Waals surface area contributed by atoms with Gasteiger partial charge in [0.2, 0.25) is 0 Å². The molecule has 1 saturated heterocycles. The maximum atomic E-state index is 12.9. The summed E-state index contributed by atoms with van der Waals surface area (Å²) in [5, 5.41) is 4.89. The van der Waals surface area contributed by atoms with Crippen molar-refractivity contribution in [2.24, 2.45) is 0 Å². The molecule has 0 spiro atoms. The minimum atomic E-state index is -0.0913. The van der Waals surface area contributed by atoms with E-state index in [9.17, 15) is 4.79 Å². The lowest BCUT2D eigenvalue weighted by Gasteiger charge is -2.12. The molecule has 0 N–H and O–H groups in total. The maximum absolute atomic E-state index is 12.9. The van der Waals surface area contributed by atoms with Crippen LogP contribution in [0.5, 0.6) is 0 Å². The minimum absolute atomic E-state index is 0.0913. The standard InChI is InChI=1S/C24H23N3O2S2/c1-16-9-10-17(2)20(13-16)22-18(15-27(25-22)19-7-5-4-6-8-19)14-21-23(28)26(11-12-29-3)24(30)31-21/h4-10,13-15H,11-12H2,1-3H3/b21-14+. The zero-order valence-electron chi connectivity index (χ0n) is 17.7. The number of hydrogen-bond acceptors (Lipinski definition) is 5. The Morgan fingerprint density at radius 1 is 1.16 bits per heavy atom. The number of aryl methyl sites for hydroxylation is 2. The summed E-state index contributed by atoms with van der Waals surface area (Å²) in [4.78, 5) is 15.1. The zero-order valence-corrected chi connectivity index (χ0v) is 19.3. The normalized spacial score (nSPS) is 15.3. The number of rotatable bonds is 6. The highest BCUT2D eigenvalue weighted by Gasteiger charge is 2.32. The molecule has 1 amide bonds. The smallest absolute Gasteiger partial charge is 0.266 e. The fourth-order valence-electron chi connectivity index (χ4n) is 3.42. The average Bonchev–Trinajstić information content (AvgIpc) is 3.30. The minimum Gasteiger partial charge on any atom is -0.383 e. The molecule has 158 valence electrons. The lowest BCUT2D eigenvalue weighted by atomic mass is 10.0. The van der Waals surface area contributed by atoms with Gasteiger partial charge in [0.05, 0.1) is 23.7 Å². The van der Waals surface area contributed by atoms with Gasteiger partial charge in [-0.2, -0.15) is 5.10 Å². The van der Waals surface area contributed by atoms with E-state index in [0.717, 1.165) is 33.6 Å². The van der Waals surface area contributed by atoms with Crippen LogP contribution in [-0.2, 0) is 9.53 Å². The van der Waals surface area contributed by atoms with Gasteiger partial charge in [-0.15, -0.1) is 0 Å². The maximum Gasteiger partial charge on any atom is 0.266 e. The van der Waals surface area contributed by atoms with Crippen molar-refractivity contribution in [2.75, 3.05) is 20.3 Å². The fraction of sp³-hybridized carbons (Fsp3) is 0.208. The molecule has 0 atom stereocenters. The van der Waals surface area contributed by atoms with Crippen LogP contribution in [-0.4, -0.2) is 45.2 Å². The number of carbonyl (C=O) groups excluding carboxylic acids is 1. The van der Waals surface area contributed by atoms with E-state index >= 15 is 0 Å². The molecule has 3 aromatic rings. The summed E-state index contributed by atoms with van der Waals surface area (Å²) in [5.74, 6) is -0.0913. The predicted molar refractivity (Wildman–Crippen MR) is 130 cm³/mol. The van der Waals surface area contributed by atoms with Crippen molar-refractivity contribution in [3.8, 4) is 16.9 Å². The van der Waals surface area contributed by atoms with Crippen molar-refractivity contribution in [2.45, 2.75) is 13.8 Å². The van der Waals surface area contributed by atoms with Crippen molar-refractivity contribution in [3.63, 3.8) is 0 Å². The van der Waals surface area contributed by atoms with Gasteiger partial charge in [0.1, 0.15) is 10.0 Å². The van der Waals surface area contributed by atoms with E-state index in [0.29, 0.717) is 22.4 Å². The molecule has 1 aliphatic heterocycles. The van der Waals surface area contributed by atoms with E-state index in [4.69, 9.17) is 22.1 Å². The van der Waals surface area contributed by atoms with E-state index in [1.54, 1.807) is 12.0 Å². The first-order chi connectivity index (χ1) is 15.0. The lowest BCUT2D eigenvalue weighted by molar-refractivity contribution is -0.122. The summed E-state index contributed by atoms with van der Waals surface area (Å²) in [5.41, 5.74) is 6.02. The highest BCUT2D eigenvalue weighted by molar-refractivity contribution is 8.26. The largest absolute Gasteiger partial charge is 0.383 e. The zero-order chi connectivity index (χ0) is 22.0. The van der Waals surface area contributed by atoms with Gasteiger partial charge >= 0.3 is 0 Å². The number of carbonyl (C=O) groups is 1. The van der Waals surface area contributed by atoms with E-state index < -0.39 is 0 Å². The first-order valence-electron chi connectivity index (χ1n) is 9.95. The average molecular weight is 450 g/mol. The number of nitrogens with zero attached hydrogens (tertiary/aromatic N) is 3. The van der Waals surface area contributed by atoms with Crippen LogP contribution in [0, 0.1) is 13.8 Å². The molecule has 2 aromatic carbocycles. The number of aromatic nitrogens is 2. The second-order valence-electron chi connectivity index (χ2n) is 7.36. The number of hydrogen-bond donors (Lipinski definition) is 0. The van der Waals surface area contributed by atoms with Crippen LogP contribution in [0.15, 0.2) is 59.6 Å². The molecule has 5 nitrogen and oxygen atoms in total. The Morgan fingerprint density at radius 3 is 2.68 bits per heavy atom. The molecular weight excluding hydrogens is 426 g/mol. The monoisotopic (exact) mass is 449 g/mol. The van der Waals surface area contributed by atoms with Crippen molar-refractivity contribution in [3.05, 3.63) is 76.3 Å². The van der Waals surface area contributed by atoms with Crippen molar-refractivity contribution >= 4 is 40.3 Å². The van der Waals surface area contributed by atoms with Gasteiger partial charge in [-0.05, 0) is 43.7 Å². The van der Waals surface area contributed by atoms with Crippen molar-refractivity contribution in [1.29, 1.82) is 0 Å². The molecule has 0 radical (unpaired) electrons. The molecule has 7 heteroatoms. The Morgan fingerprint density at radius 2 is 1.94 bits per heavy atom. The Kier molecular flexibility index (Phi) is 6.36. The molecule has 31 heavy (non-hydrogen) atoms. The molecule has 0 unspecified atom stereocenters. The van der Waals surface area contributed by atoms with E-state index in [1.807, 2.05) is 47.3 Å². The van der Waals surface area contributed by atoms with Crippen molar-refractivity contribution in [1.82, 2.24) is 14.7 Å². The van der Waals surface area contributed by atoms with Gasteiger partial charge in [0.15, 0.2) is 0 Å². The summed E-state index contributed by atoms with van der Waals surface area (Å²) in [7, 11) is 1.61. The van der Waals surface area contributed by atoms with Crippen LogP contribution in [0.3, 0.4) is 0 Å². The van der Waals surface area contributed by atoms with Crippen molar-refractivity contribution < 1.29 is 9.53 Å². The third-order valence-electron chi connectivity index (χ3n) is 5.09. The van der Waals surface area contributed by atoms with Crippen LogP contribution in [0.1, 0.15) is 16.7 Å². The van der Waals surface area contributed by atoms with Crippen LogP contribution in [0.4, 0.5) is 0 Å². The Hall–Kier alpha value is -2.74. The second kappa shape index (κ2) is 9.18. The summed E-state index contributed by atoms with van der Waals surface area (Å²) < 4.78 is 7.52. The second-order valence-corrected chi connectivity index (χ2v) is 9.03. The number of ether oxygens (including phenoxy) is 1. The molecular formula is C24H23N3O2S2. The Balaban J connectivity index is 1.80. The van der Waals surface area contributed by atoms with Crippen LogP contribution in [0.25, 0.3) is 23.0 Å². The number of thiocarbonyl (C=S) groups is 1. The number of benzene rings is 2.